The number of halogens is 1. The molecule has 2 heterocycles. The molecule has 0 unspecified atom stereocenters. The number of hydrogen-bond acceptors (Lipinski definition) is 4. The Morgan fingerprint density at radius 1 is 1.06 bits per heavy atom. The number of hydrogen-bond donors (Lipinski definition) is 1. The molecule has 0 spiro atoms. The van der Waals surface area contributed by atoms with Gasteiger partial charge in [-0.1, -0.05) is 25.1 Å². The van der Waals surface area contributed by atoms with E-state index in [-0.39, 0.29) is 16.5 Å². The van der Waals surface area contributed by atoms with Gasteiger partial charge in [-0.15, -0.1) is 0 Å². The molecular weight excluding hydrogens is 413 g/mol. The van der Waals surface area contributed by atoms with Crippen LogP contribution in [0.3, 0.4) is 0 Å². The number of nitrogens with one attached hydrogen (secondary N) is 1. The molecule has 4 rings (SSSR count). The number of carbonyl (C=O) groups is 2. The van der Waals surface area contributed by atoms with E-state index in [1.165, 1.54) is 23.5 Å². The van der Waals surface area contributed by atoms with E-state index in [0.717, 1.165) is 37.9 Å². The van der Waals surface area contributed by atoms with Gasteiger partial charge >= 0.3 is 0 Å². The number of aryl methyl sites for hydroxylation is 1. The molecule has 31 heavy (non-hydrogen) atoms. The molecule has 0 aliphatic carbocycles. The molecule has 2 aromatic rings. The molecule has 160 valence electrons. The van der Waals surface area contributed by atoms with E-state index >= 15 is 0 Å². The Bertz CT molecular complexity index is 1060. The van der Waals surface area contributed by atoms with Crippen LogP contribution in [0, 0.1) is 5.82 Å². The molecule has 5 nitrogen and oxygen atoms in total. The molecule has 2 aromatic carbocycles. The summed E-state index contributed by atoms with van der Waals surface area (Å²) in [5.74, 6) is -1.47. The lowest BCUT2D eigenvalue weighted by Gasteiger charge is -2.29. The lowest BCUT2D eigenvalue weighted by atomic mass is 10.0. The third-order valence-electron chi connectivity index (χ3n) is 5.68. The zero-order valence-electron chi connectivity index (χ0n) is 17.4. The van der Waals surface area contributed by atoms with Crippen molar-refractivity contribution in [2.24, 2.45) is 0 Å². The fraction of sp³-hybridized carbons (Fsp3) is 0.292. The second kappa shape index (κ2) is 8.98. The molecule has 2 saturated heterocycles. The molecule has 0 bridgehead atoms. The zero-order valence-corrected chi connectivity index (χ0v) is 18.2. The topological polar surface area (TPSA) is 52.7 Å². The average molecular weight is 438 g/mol. The lowest BCUT2D eigenvalue weighted by molar-refractivity contribution is -0.122. The van der Waals surface area contributed by atoms with E-state index in [2.05, 4.69) is 5.32 Å². The highest BCUT2D eigenvalue weighted by Gasteiger charge is 2.34. The second-order valence-electron chi connectivity index (χ2n) is 7.74. The molecule has 2 amide bonds. The average Bonchev–Trinajstić information content (AvgIpc) is 2.77. The number of anilines is 2. The molecule has 0 saturated carbocycles. The van der Waals surface area contributed by atoms with Crippen LogP contribution < -0.4 is 15.1 Å². The van der Waals surface area contributed by atoms with Crippen molar-refractivity contribution in [2.45, 2.75) is 32.6 Å². The van der Waals surface area contributed by atoms with Gasteiger partial charge in [0.15, 0.2) is 5.11 Å². The highest BCUT2D eigenvalue weighted by atomic mass is 32.1. The van der Waals surface area contributed by atoms with E-state index in [1.54, 1.807) is 24.3 Å². The van der Waals surface area contributed by atoms with Crippen molar-refractivity contribution in [2.75, 3.05) is 22.9 Å². The fourth-order valence-corrected chi connectivity index (χ4v) is 4.22. The van der Waals surface area contributed by atoms with Gasteiger partial charge in [-0.05, 0) is 79.4 Å². The monoisotopic (exact) mass is 437 g/mol. The van der Waals surface area contributed by atoms with Crippen molar-refractivity contribution < 1.29 is 14.0 Å². The minimum Gasteiger partial charge on any atom is -0.369 e. The van der Waals surface area contributed by atoms with Crippen LogP contribution in [0.1, 0.15) is 37.3 Å². The standard InChI is InChI=1S/C24H24FN3O2S/c1-2-16-6-9-18(10-7-16)28-23(30)19(22(29)26-24(28)31)14-17-8-11-21(20(25)15-17)27-12-4-3-5-13-27/h6-11,14-15H,2-5,12-13H2,1H3,(H,26,29,31)/b19-14+. The first kappa shape index (κ1) is 21.2. The molecule has 1 N–H and O–H groups in total. The van der Waals surface area contributed by atoms with Crippen LogP contribution in [-0.4, -0.2) is 30.0 Å². The zero-order chi connectivity index (χ0) is 22.0. The lowest BCUT2D eigenvalue weighted by Crippen LogP contribution is -2.54. The Labute approximate surface area is 186 Å². The summed E-state index contributed by atoms with van der Waals surface area (Å²) in [5.41, 5.74) is 2.62. The van der Waals surface area contributed by atoms with Crippen LogP contribution in [0.4, 0.5) is 15.8 Å². The minimum atomic E-state index is -0.586. The summed E-state index contributed by atoms with van der Waals surface area (Å²) >= 11 is 5.23. The minimum absolute atomic E-state index is 0.0306. The van der Waals surface area contributed by atoms with Crippen molar-refractivity contribution in [3.8, 4) is 0 Å². The van der Waals surface area contributed by atoms with Gasteiger partial charge in [0.2, 0.25) is 0 Å². The SMILES string of the molecule is CCc1ccc(N2C(=O)/C(=C/c3ccc(N4CCCCC4)c(F)c3)C(=O)NC2=S)cc1. The normalized spacial score (nSPS) is 18.5. The first-order chi connectivity index (χ1) is 15.0. The molecule has 7 heteroatoms. The van der Waals surface area contributed by atoms with Crippen LogP contribution in [0.5, 0.6) is 0 Å². The van der Waals surface area contributed by atoms with Gasteiger partial charge in [-0.3, -0.25) is 19.8 Å². The number of rotatable bonds is 4. The van der Waals surface area contributed by atoms with Gasteiger partial charge in [0.1, 0.15) is 11.4 Å². The molecule has 2 aliphatic rings. The smallest absolute Gasteiger partial charge is 0.270 e. The quantitative estimate of drug-likeness (QED) is 0.442. The number of amides is 2. The summed E-state index contributed by atoms with van der Waals surface area (Å²) in [5, 5.41) is 2.59. The maximum absolute atomic E-state index is 14.8. The maximum atomic E-state index is 14.8. The Hall–Kier alpha value is -3.06. The van der Waals surface area contributed by atoms with Crippen LogP contribution in [0.15, 0.2) is 48.0 Å². The number of piperidine rings is 1. The van der Waals surface area contributed by atoms with Gasteiger partial charge in [0.05, 0.1) is 11.4 Å². The molecule has 2 fully saturated rings. The summed E-state index contributed by atoms with van der Waals surface area (Å²) < 4.78 is 14.8. The number of carbonyl (C=O) groups excluding carboxylic acids is 2. The first-order valence-electron chi connectivity index (χ1n) is 10.5. The van der Waals surface area contributed by atoms with Crippen molar-refractivity contribution in [1.82, 2.24) is 5.32 Å². The Morgan fingerprint density at radius 2 is 1.77 bits per heavy atom. The predicted octanol–water partition coefficient (Wildman–Crippen LogP) is 4.21. The molecular formula is C24H24FN3O2S. The number of benzene rings is 2. The predicted molar refractivity (Wildman–Crippen MR) is 124 cm³/mol. The van der Waals surface area contributed by atoms with Gasteiger partial charge in [-0.25, -0.2) is 4.39 Å². The van der Waals surface area contributed by atoms with Crippen molar-refractivity contribution in [3.05, 3.63) is 65.0 Å². The Kier molecular flexibility index (Phi) is 6.13. The van der Waals surface area contributed by atoms with Crippen molar-refractivity contribution >= 4 is 46.6 Å². The van der Waals surface area contributed by atoms with Gasteiger partial charge in [0, 0.05) is 13.1 Å². The van der Waals surface area contributed by atoms with E-state index in [1.807, 2.05) is 24.0 Å². The highest BCUT2D eigenvalue weighted by molar-refractivity contribution is 7.80. The third kappa shape index (κ3) is 4.37. The van der Waals surface area contributed by atoms with E-state index in [4.69, 9.17) is 12.2 Å². The highest BCUT2D eigenvalue weighted by Crippen LogP contribution is 2.26. The summed E-state index contributed by atoms with van der Waals surface area (Å²) in [4.78, 5) is 28.9. The molecule has 0 atom stereocenters. The molecule has 0 radical (unpaired) electrons. The summed E-state index contributed by atoms with van der Waals surface area (Å²) in [6, 6.07) is 12.2. The van der Waals surface area contributed by atoms with Gasteiger partial charge in [-0.2, -0.15) is 0 Å². The number of nitrogens with zero attached hydrogens (tertiary/aromatic N) is 2. The van der Waals surface area contributed by atoms with Gasteiger partial charge in [0.25, 0.3) is 11.8 Å². The molecule has 2 aliphatic heterocycles. The van der Waals surface area contributed by atoms with Crippen molar-refractivity contribution in [3.63, 3.8) is 0 Å². The fourth-order valence-electron chi connectivity index (χ4n) is 3.94. The molecule has 0 aromatic heterocycles. The van der Waals surface area contributed by atoms with Crippen LogP contribution in [0.2, 0.25) is 0 Å². The Morgan fingerprint density at radius 3 is 2.42 bits per heavy atom. The van der Waals surface area contributed by atoms with Gasteiger partial charge < -0.3 is 4.90 Å². The third-order valence-corrected chi connectivity index (χ3v) is 5.97. The maximum Gasteiger partial charge on any atom is 0.270 e. The van der Waals surface area contributed by atoms with E-state index < -0.39 is 11.8 Å². The number of thiocarbonyl (C=S) groups is 1. The first-order valence-corrected chi connectivity index (χ1v) is 10.9. The van der Waals surface area contributed by atoms with Crippen molar-refractivity contribution in [1.29, 1.82) is 0 Å². The summed E-state index contributed by atoms with van der Waals surface area (Å²) in [6.45, 7) is 3.71. The summed E-state index contributed by atoms with van der Waals surface area (Å²) in [6.07, 6.45) is 5.55. The Balaban J connectivity index is 1.62. The van der Waals surface area contributed by atoms with E-state index in [9.17, 15) is 14.0 Å². The van der Waals surface area contributed by atoms with Crippen LogP contribution >= 0.6 is 12.2 Å². The summed E-state index contributed by atoms with van der Waals surface area (Å²) in [7, 11) is 0. The van der Waals surface area contributed by atoms with Crippen LogP contribution in [-0.2, 0) is 16.0 Å². The van der Waals surface area contributed by atoms with E-state index in [0.29, 0.717) is 16.9 Å². The second-order valence-corrected chi connectivity index (χ2v) is 8.12. The largest absolute Gasteiger partial charge is 0.369 e. The van der Waals surface area contributed by atoms with Crippen LogP contribution in [0.25, 0.3) is 6.08 Å².